The molecular formula is C17H12F2N4O2. The highest BCUT2D eigenvalue weighted by Gasteiger charge is 2.12. The van der Waals surface area contributed by atoms with Crippen LogP contribution in [0, 0.1) is 11.6 Å². The Hall–Kier alpha value is -3.55. The van der Waals surface area contributed by atoms with E-state index in [1.165, 1.54) is 18.2 Å². The van der Waals surface area contributed by atoms with Crippen molar-refractivity contribution in [1.82, 2.24) is 10.2 Å². The summed E-state index contributed by atoms with van der Waals surface area (Å²) in [5.74, 6) is -2.00. The molecule has 25 heavy (non-hydrogen) atoms. The summed E-state index contributed by atoms with van der Waals surface area (Å²) in [6.07, 6.45) is 0. The summed E-state index contributed by atoms with van der Waals surface area (Å²) in [5.41, 5.74) is 0.424. The molecule has 0 saturated heterocycles. The average molecular weight is 342 g/mol. The summed E-state index contributed by atoms with van der Waals surface area (Å²) in [7, 11) is 0. The number of H-pyrrole nitrogens is 1. The van der Waals surface area contributed by atoms with Crippen molar-refractivity contribution >= 4 is 23.0 Å². The largest absolute Gasteiger partial charge is 0.351 e. The number of aromatic nitrogens is 2. The monoisotopic (exact) mass is 342 g/mol. The molecule has 1 amide bonds. The Labute approximate surface area is 140 Å². The normalized spacial score (nSPS) is 10.3. The third-order valence-electron chi connectivity index (χ3n) is 3.29. The Morgan fingerprint density at radius 3 is 2.40 bits per heavy atom. The van der Waals surface area contributed by atoms with E-state index in [2.05, 4.69) is 20.8 Å². The molecule has 3 aromatic rings. The standard InChI is InChI=1S/C17H12F2N4O2/c18-10-5-6-12(11(19)9-10)20-13-3-1-2-4-14(13)21-17(25)15-7-8-16(24)23-22-15/h1-9,20H,(H,21,25)(H,23,24). The van der Waals surface area contributed by atoms with Crippen LogP contribution in [-0.2, 0) is 0 Å². The summed E-state index contributed by atoms with van der Waals surface area (Å²) < 4.78 is 26.8. The highest BCUT2D eigenvalue weighted by Crippen LogP contribution is 2.27. The first-order valence-electron chi connectivity index (χ1n) is 7.21. The molecule has 0 aliphatic rings. The van der Waals surface area contributed by atoms with Gasteiger partial charge in [-0.3, -0.25) is 9.59 Å². The van der Waals surface area contributed by atoms with Crippen molar-refractivity contribution in [2.45, 2.75) is 0 Å². The van der Waals surface area contributed by atoms with Crippen molar-refractivity contribution in [2.24, 2.45) is 0 Å². The van der Waals surface area contributed by atoms with E-state index in [4.69, 9.17) is 0 Å². The van der Waals surface area contributed by atoms with Crippen LogP contribution < -0.4 is 16.2 Å². The molecule has 2 aromatic carbocycles. The second-order valence-corrected chi connectivity index (χ2v) is 5.06. The first-order valence-corrected chi connectivity index (χ1v) is 7.21. The highest BCUT2D eigenvalue weighted by atomic mass is 19.1. The number of hydrogen-bond acceptors (Lipinski definition) is 4. The summed E-state index contributed by atoms with van der Waals surface area (Å²) in [6, 6.07) is 12.2. The van der Waals surface area contributed by atoms with E-state index in [-0.39, 0.29) is 11.4 Å². The molecule has 0 radical (unpaired) electrons. The minimum absolute atomic E-state index is 0.0161. The second kappa shape index (κ2) is 6.91. The SMILES string of the molecule is O=C(Nc1ccccc1Nc1ccc(F)cc1F)c1ccc(=O)[nH]n1. The maximum absolute atomic E-state index is 13.8. The first-order chi connectivity index (χ1) is 12.0. The minimum Gasteiger partial charge on any atom is -0.351 e. The molecule has 0 fully saturated rings. The molecule has 6 nitrogen and oxygen atoms in total. The Bertz CT molecular complexity index is 968. The van der Waals surface area contributed by atoms with Crippen LogP contribution in [0.5, 0.6) is 0 Å². The van der Waals surface area contributed by atoms with E-state index in [9.17, 15) is 18.4 Å². The van der Waals surface area contributed by atoms with Gasteiger partial charge in [-0.15, -0.1) is 0 Å². The van der Waals surface area contributed by atoms with Gasteiger partial charge in [0, 0.05) is 12.1 Å². The van der Waals surface area contributed by atoms with E-state index >= 15 is 0 Å². The minimum atomic E-state index is -0.761. The quantitative estimate of drug-likeness (QED) is 0.680. The van der Waals surface area contributed by atoms with E-state index < -0.39 is 23.1 Å². The fourth-order valence-electron chi connectivity index (χ4n) is 2.09. The number of rotatable bonds is 4. The van der Waals surface area contributed by atoms with Gasteiger partial charge in [0.1, 0.15) is 17.3 Å². The molecule has 0 unspecified atom stereocenters. The Balaban J connectivity index is 1.84. The van der Waals surface area contributed by atoms with E-state index in [0.29, 0.717) is 11.4 Å². The molecule has 0 spiro atoms. The van der Waals surface area contributed by atoms with E-state index in [1.807, 2.05) is 0 Å². The fraction of sp³-hybridized carbons (Fsp3) is 0. The number of nitrogens with zero attached hydrogens (tertiary/aromatic N) is 1. The lowest BCUT2D eigenvalue weighted by Gasteiger charge is -2.13. The number of anilines is 3. The number of para-hydroxylation sites is 2. The van der Waals surface area contributed by atoms with E-state index in [1.54, 1.807) is 24.3 Å². The fourth-order valence-corrected chi connectivity index (χ4v) is 2.09. The van der Waals surface area contributed by atoms with Gasteiger partial charge in [0.2, 0.25) is 0 Å². The smallest absolute Gasteiger partial charge is 0.276 e. The Morgan fingerprint density at radius 1 is 0.960 bits per heavy atom. The van der Waals surface area contributed by atoms with Crippen molar-refractivity contribution in [3.8, 4) is 0 Å². The average Bonchev–Trinajstić information content (AvgIpc) is 2.59. The van der Waals surface area contributed by atoms with Gasteiger partial charge in [-0.1, -0.05) is 12.1 Å². The summed E-state index contributed by atoms with van der Waals surface area (Å²) in [5, 5.41) is 11.2. The molecule has 0 aliphatic carbocycles. The Kier molecular flexibility index (Phi) is 4.51. The first kappa shape index (κ1) is 16.3. The van der Waals surface area contributed by atoms with Crippen LogP contribution >= 0.6 is 0 Å². The lowest BCUT2D eigenvalue weighted by molar-refractivity contribution is 0.102. The van der Waals surface area contributed by atoms with Gasteiger partial charge in [-0.2, -0.15) is 5.10 Å². The van der Waals surface area contributed by atoms with Crippen LogP contribution in [-0.4, -0.2) is 16.1 Å². The van der Waals surface area contributed by atoms with Gasteiger partial charge in [-0.25, -0.2) is 13.9 Å². The second-order valence-electron chi connectivity index (χ2n) is 5.06. The lowest BCUT2D eigenvalue weighted by Crippen LogP contribution is -2.18. The summed E-state index contributed by atoms with van der Waals surface area (Å²) in [6.45, 7) is 0. The van der Waals surface area contributed by atoms with Crippen molar-refractivity contribution in [3.63, 3.8) is 0 Å². The topological polar surface area (TPSA) is 86.9 Å². The maximum Gasteiger partial charge on any atom is 0.276 e. The number of carbonyl (C=O) groups is 1. The predicted octanol–water partition coefficient (Wildman–Crippen LogP) is 3.04. The molecule has 8 heteroatoms. The zero-order chi connectivity index (χ0) is 17.8. The molecular weight excluding hydrogens is 330 g/mol. The van der Waals surface area contributed by atoms with Crippen LogP contribution in [0.2, 0.25) is 0 Å². The molecule has 1 heterocycles. The third-order valence-corrected chi connectivity index (χ3v) is 3.29. The van der Waals surface area contributed by atoms with Crippen LogP contribution in [0.3, 0.4) is 0 Å². The third kappa shape index (κ3) is 3.86. The molecule has 0 bridgehead atoms. The number of nitrogens with one attached hydrogen (secondary N) is 3. The number of amides is 1. The molecule has 1 aromatic heterocycles. The lowest BCUT2D eigenvalue weighted by atomic mass is 10.2. The highest BCUT2D eigenvalue weighted by molar-refractivity contribution is 6.04. The van der Waals surface area contributed by atoms with Gasteiger partial charge in [-0.05, 0) is 30.3 Å². The van der Waals surface area contributed by atoms with Crippen molar-refractivity contribution in [2.75, 3.05) is 10.6 Å². The molecule has 0 aliphatic heterocycles. The number of halogens is 2. The van der Waals surface area contributed by atoms with Gasteiger partial charge in [0.15, 0.2) is 0 Å². The van der Waals surface area contributed by atoms with E-state index in [0.717, 1.165) is 12.1 Å². The maximum atomic E-state index is 13.8. The van der Waals surface area contributed by atoms with Crippen LogP contribution in [0.15, 0.2) is 59.4 Å². The predicted molar refractivity (Wildman–Crippen MR) is 88.9 cm³/mol. The van der Waals surface area contributed by atoms with Gasteiger partial charge >= 0.3 is 0 Å². The van der Waals surface area contributed by atoms with Gasteiger partial charge in [0.05, 0.1) is 17.1 Å². The molecule has 126 valence electrons. The number of carbonyl (C=O) groups excluding carboxylic acids is 1. The summed E-state index contributed by atoms with van der Waals surface area (Å²) in [4.78, 5) is 23.2. The number of benzene rings is 2. The summed E-state index contributed by atoms with van der Waals surface area (Å²) >= 11 is 0. The zero-order valence-corrected chi connectivity index (χ0v) is 12.7. The Morgan fingerprint density at radius 2 is 1.72 bits per heavy atom. The van der Waals surface area contributed by atoms with Crippen LogP contribution in [0.25, 0.3) is 0 Å². The van der Waals surface area contributed by atoms with Crippen LogP contribution in [0.1, 0.15) is 10.5 Å². The van der Waals surface area contributed by atoms with Crippen LogP contribution in [0.4, 0.5) is 25.8 Å². The van der Waals surface area contributed by atoms with Crippen molar-refractivity contribution < 1.29 is 13.6 Å². The van der Waals surface area contributed by atoms with Gasteiger partial charge in [0.25, 0.3) is 11.5 Å². The molecule has 3 N–H and O–H groups in total. The molecule has 3 rings (SSSR count). The number of hydrogen-bond donors (Lipinski definition) is 3. The number of aromatic amines is 1. The molecule has 0 saturated carbocycles. The van der Waals surface area contributed by atoms with Gasteiger partial charge < -0.3 is 10.6 Å². The molecule has 0 atom stereocenters. The zero-order valence-electron chi connectivity index (χ0n) is 12.7. The van der Waals surface area contributed by atoms with Crippen molar-refractivity contribution in [1.29, 1.82) is 0 Å². The van der Waals surface area contributed by atoms with Crippen molar-refractivity contribution in [3.05, 3.63) is 82.3 Å².